The molecule has 1 aliphatic rings. The highest BCUT2D eigenvalue weighted by atomic mass is 19.1. The predicted molar refractivity (Wildman–Crippen MR) is 72.4 cm³/mol. The Labute approximate surface area is 123 Å². The summed E-state index contributed by atoms with van der Waals surface area (Å²) in [6, 6.07) is 2.14. The van der Waals surface area contributed by atoms with E-state index in [9.17, 15) is 23.3 Å². The van der Waals surface area contributed by atoms with Crippen LogP contribution in [0.2, 0.25) is 0 Å². The number of alkyl halides is 2. The second kappa shape index (κ2) is 5.47. The minimum atomic E-state index is -2.07. The van der Waals surface area contributed by atoms with Gasteiger partial charge in [-0.1, -0.05) is 0 Å². The molecule has 1 aliphatic heterocycles. The molecule has 120 valence electrons. The normalized spacial score (nSPS) is 29.4. The molecule has 4 atom stereocenters. The zero-order valence-electron chi connectivity index (χ0n) is 11.8. The molecule has 0 saturated carbocycles. The molecule has 0 aromatic heterocycles. The van der Waals surface area contributed by atoms with Crippen LogP contribution in [0.15, 0.2) is 23.2 Å². The molecule has 0 unspecified atom stereocenters. The summed E-state index contributed by atoms with van der Waals surface area (Å²) in [4.78, 5) is 13.8. The van der Waals surface area contributed by atoms with E-state index in [0.717, 1.165) is 25.1 Å². The van der Waals surface area contributed by atoms with Gasteiger partial charge in [0.25, 0.3) is 11.7 Å². The van der Waals surface area contributed by atoms with E-state index >= 15 is 0 Å². The highest BCUT2D eigenvalue weighted by Gasteiger charge is 2.50. The molecule has 2 rings (SSSR count). The number of aliphatic imine (C=N–C) groups is 1. The maximum Gasteiger partial charge on any atom is 0.283 e. The lowest BCUT2D eigenvalue weighted by Gasteiger charge is -2.38. The average molecular weight is 317 g/mol. The summed E-state index contributed by atoms with van der Waals surface area (Å²) in [5.41, 5.74) is 2.68. The molecule has 1 heterocycles. The second-order valence-electron chi connectivity index (χ2n) is 5.18. The molecule has 2 N–H and O–H groups in total. The number of halogens is 3. The third kappa shape index (κ3) is 2.58. The number of nitro benzene ring substituents is 1. The zero-order valence-corrected chi connectivity index (χ0v) is 11.8. The summed E-state index contributed by atoms with van der Waals surface area (Å²) < 4.78 is 47.0. The van der Waals surface area contributed by atoms with Crippen molar-refractivity contribution >= 4 is 11.7 Å². The maximum atomic E-state index is 14.7. The van der Waals surface area contributed by atoms with Gasteiger partial charge in [0.1, 0.15) is 17.5 Å². The molecule has 0 radical (unpaired) electrons. The lowest BCUT2D eigenvalue weighted by atomic mass is 9.83. The van der Waals surface area contributed by atoms with Crippen LogP contribution in [0.4, 0.5) is 18.9 Å². The lowest BCUT2D eigenvalue weighted by Crippen LogP contribution is -2.52. The summed E-state index contributed by atoms with van der Waals surface area (Å²) in [5.74, 6) is -0.903. The molecule has 0 spiro atoms. The van der Waals surface area contributed by atoms with Crippen molar-refractivity contribution in [2.45, 2.75) is 37.8 Å². The minimum absolute atomic E-state index is 0.383. The number of rotatable bonds is 3. The number of nitrogens with two attached hydrogens (primary N) is 1. The zero-order chi connectivity index (χ0) is 16.7. The summed E-state index contributed by atoms with van der Waals surface area (Å²) >= 11 is 0. The van der Waals surface area contributed by atoms with E-state index in [2.05, 4.69) is 4.99 Å². The van der Waals surface area contributed by atoms with E-state index in [-0.39, 0.29) is 5.56 Å². The summed E-state index contributed by atoms with van der Waals surface area (Å²) in [7, 11) is 0. The van der Waals surface area contributed by atoms with Gasteiger partial charge in [-0.25, -0.2) is 18.2 Å². The fraction of sp³-hybridized carbons (Fsp3) is 0.462. The van der Waals surface area contributed by atoms with Gasteiger partial charge in [-0.2, -0.15) is 0 Å². The molecular weight excluding hydrogens is 303 g/mol. The Morgan fingerprint density at radius 1 is 1.55 bits per heavy atom. The molecular formula is C13H14F3N3O3. The molecule has 0 bridgehead atoms. The van der Waals surface area contributed by atoms with Crippen molar-refractivity contribution in [3.8, 4) is 0 Å². The number of nitrogens with zero attached hydrogens (tertiary/aromatic N) is 2. The van der Waals surface area contributed by atoms with Crippen molar-refractivity contribution in [1.29, 1.82) is 0 Å². The Kier molecular flexibility index (Phi) is 3.99. The van der Waals surface area contributed by atoms with E-state index < -0.39 is 46.4 Å². The highest BCUT2D eigenvalue weighted by molar-refractivity contribution is 5.73. The minimum Gasteiger partial charge on any atom is -0.456 e. The van der Waals surface area contributed by atoms with Gasteiger partial charge < -0.3 is 10.5 Å². The maximum absolute atomic E-state index is 14.7. The Morgan fingerprint density at radius 2 is 2.18 bits per heavy atom. The van der Waals surface area contributed by atoms with Gasteiger partial charge in [0.15, 0.2) is 12.3 Å². The lowest BCUT2D eigenvalue weighted by molar-refractivity contribution is -0.385. The van der Waals surface area contributed by atoms with Crippen molar-refractivity contribution in [2.75, 3.05) is 0 Å². The molecule has 22 heavy (non-hydrogen) atoms. The standard InChI is InChI=1S/C13H14F3N3O3/c1-6(14)10-11(16)13(2,18-12(17)22-10)8-5-7(19(20)21)3-4-9(8)15/h3-6,10-11H,1-2H3,(H2,17,18)/t6-,10-,11+,13-/m1/s1. The Bertz CT molecular complexity index is 638. The summed E-state index contributed by atoms with van der Waals surface area (Å²) in [5, 5.41) is 10.8. The fourth-order valence-electron chi connectivity index (χ4n) is 2.39. The Morgan fingerprint density at radius 3 is 2.73 bits per heavy atom. The van der Waals surface area contributed by atoms with E-state index in [1.807, 2.05) is 0 Å². The smallest absolute Gasteiger partial charge is 0.283 e. The number of ether oxygens (including phenoxy) is 1. The van der Waals surface area contributed by atoms with Gasteiger partial charge in [0.05, 0.1) is 4.92 Å². The largest absolute Gasteiger partial charge is 0.456 e. The number of amidine groups is 1. The molecule has 0 fully saturated rings. The van der Waals surface area contributed by atoms with Crippen LogP contribution < -0.4 is 5.73 Å². The SMILES string of the molecule is C[C@@H](F)[C@H]1OC(N)=N[C@](C)(c2cc([N+](=O)[O-])ccc2F)[C@H]1F. The van der Waals surface area contributed by atoms with Crippen molar-refractivity contribution < 1.29 is 22.8 Å². The van der Waals surface area contributed by atoms with E-state index in [1.54, 1.807) is 0 Å². The van der Waals surface area contributed by atoms with Gasteiger partial charge in [0, 0.05) is 17.7 Å². The van der Waals surface area contributed by atoms with Crippen LogP contribution >= 0.6 is 0 Å². The molecule has 1 aromatic rings. The Hall–Kier alpha value is -2.32. The van der Waals surface area contributed by atoms with E-state index in [0.29, 0.717) is 0 Å². The molecule has 6 nitrogen and oxygen atoms in total. The van der Waals surface area contributed by atoms with Crippen LogP contribution in [0.3, 0.4) is 0 Å². The molecule has 1 aromatic carbocycles. The van der Waals surface area contributed by atoms with Crippen LogP contribution in [-0.2, 0) is 10.3 Å². The average Bonchev–Trinajstić information content (AvgIpc) is 2.42. The molecule has 9 heteroatoms. The van der Waals surface area contributed by atoms with Crippen molar-refractivity contribution in [3.05, 3.63) is 39.7 Å². The number of hydrogen-bond donors (Lipinski definition) is 1. The first-order chi connectivity index (χ1) is 10.2. The highest BCUT2D eigenvalue weighted by Crippen LogP contribution is 2.40. The van der Waals surface area contributed by atoms with Crippen molar-refractivity contribution in [1.82, 2.24) is 0 Å². The number of hydrogen-bond acceptors (Lipinski definition) is 5. The second-order valence-corrected chi connectivity index (χ2v) is 5.18. The van der Waals surface area contributed by atoms with Gasteiger partial charge in [-0.05, 0) is 19.9 Å². The summed E-state index contributed by atoms with van der Waals surface area (Å²) in [6.07, 6.45) is -5.39. The topological polar surface area (TPSA) is 90.8 Å². The van der Waals surface area contributed by atoms with Gasteiger partial charge in [0.2, 0.25) is 0 Å². The molecule has 0 saturated heterocycles. The first-order valence-corrected chi connectivity index (χ1v) is 6.41. The first kappa shape index (κ1) is 16.1. The van der Waals surface area contributed by atoms with Crippen LogP contribution in [0.5, 0.6) is 0 Å². The van der Waals surface area contributed by atoms with Gasteiger partial charge in [-0.3, -0.25) is 10.1 Å². The van der Waals surface area contributed by atoms with Gasteiger partial charge in [-0.15, -0.1) is 0 Å². The summed E-state index contributed by atoms with van der Waals surface area (Å²) in [6.45, 7) is 2.25. The fourth-order valence-corrected chi connectivity index (χ4v) is 2.39. The molecule has 0 amide bonds. The van der Waals surface area contributed by atoms with Crippen molar-refractivity contribution in [3.63, 3.8) is 0 Å². The van der Waals surface area contributed by atoms with Crippen molar-refractivity contribution in [2.24, 2.45) is 10.7 Å². The number of benzene rings is 1. The van der Waals surface area contributed by atoms with Gasteiger partial charge >= 0.3 is 0 Å². The quantitative estimate of drug-likeness (QED) is 0.684. The predicted octanol–water partition coefficient (Wildman–Crippen LogP) is 2.36. The number of nitro groups is 1. The van der Waals surface area contributed by atoms with Crippen LogP contribution in [0.25, 0.3) is 0 Å². The third-order valence-corrected chi connectivity index (χ3v) is 3.58. The third-order valence-electron chi connectivity index (χ3n) is 3.58. The van der Waals surface area contributed by atoms with Crippen LogP contribution in [0.1, 0.15) is 19.4 Å². The number of non-ortho nitro benzene ring substituents is 1. The monoisotopic (exact) mass is 317 g/mol. The Balaban J connectivity index is 2.60. The van der Waals surface area contributed by atoms with E-state index in [1.165, 1.54) is 6.92 Å². The first-order valence-electron chi connectivity index (χ1n) is 6.41. The molecule has 0 aliphatic carbocycles. The van der Waals surface area contributed by atoms with Crippen LogP contribution in [-0.4, -0.2) is 29.4 Å². The van der Waals surface area contributed by atoms with E-state index in [4.69, 9.17) is 10.5 Å². The van der Waals surface area contributed by atoms with Crippen LogP contribution in [0, 0.1) is 15.9 Å².